The van der Waals surface area contributed by atoms with E-state index in [0.717, 1.165) is 22.1 Å². The maximum atomic E-state index is 9.98. The zero-order valence-electron chi connectivity index (χ0n) is 10.7. The second-order valence-corrected chi connectivity index (χ2v) is 4.78. The van der Waals surface area contributed by atoms with Crippen molar-refractivity contribution in [1.82, 2.24) is 0 Å². The molecule has 0 amide bonds. The summed E-state index contributed by atoms with van der Waals surface area (Å²) in [6.45, 7) is 0. The van der Waals surface area contributed by atoms with Gasteiger partial charge in [-0.1, -0.05) is 36.4 Å². The number of aromatic hydroxyl groups is 1. The SMILES string of the molecule is Oc1ccccc1C1=Nc2cccc3cccc(c23)N1. The molecule has 96 valence electrons. The van der Waals surface area contributed by atoms with Gasteiger partial charge in [-0.05, 0) is 29.7 Å². The van der Waals surface area contributed by atoms with Gasteiger partial charge in [0.15, 0.2) is 0 Å². The maximum absolute atomic E-state index is 9.98. The van der Waals surface area contributed by atoms with Gasteiger partial charge < -0.3 is 10.4 Å². The van der Waals surface area contributed by atoms with E-state index in [1.54, 1.807) is 12.1 Å². The number of amidine groups is 1. The van der Waals surface area contributed by atoms with E-state index in [0.29, 0.717) is 11.4 Å². The summed E-state index contributed by atoms with van der Waals surface area (Å²) in [4.78, 5) is 4.64. The summed E-state index contributed by atoms with van der Waals surface area (Å²) >= 11 is 0. The van der Waals surface area contributed by atoms with Gasteiger partial charge >= 0.3 is 0 Å². The van der Waals surface area contributed by atoms with Crippen molar-refractivity contribution in [3.63, 3.8) is 0 Å². The van der Waals surface area contributed by atoms with Crippen LogP contribution in [0.4, 0.5) is 11.4 Å². The molecule has 4 rings (SSSR count). The first-order valence-electron chi connectivity index (χ1n) is 6.49. The minimum Gasteiger partial charge on any atom is -0.507 e. The van der Waals surface area contributed by atoms with Crippen molar-refractivity contribution in [1.29, 1.82) is 0 Å². The summed E-state index contributed by atoms with van der Waals surface area (Å²) < 4.78 is 0. The smallest absolute Gasteiger partial charge is 0.142 e. The molecule has 0 saturated heterocycles. The number of benzene rings is 3. The first-order chi connectivity index (χ1) is 9.83. The van der Waals surface area contributed by atoms with Crippen LogP contribution in [0.1, 0.15) is 5.56 Å². The lowest BCUT2D eigenvalue weighted by atomic mass is 10.0. The van der Waals surface area contributed by atoms with Crippen molar-refractivity contribution in [2.75, 3.05) is 5.32 Å². The molecule has 0 saturated carbocycles. The van der Waals surface area contributed by atoms with Crippen molar-refractivity contribution in [2.24, 2.45) is 4.99 Å². The fourth-order valence-electron chi connectivity index (χ4n) is 2.60. The molecule has 0 aliphatic carbocycles. The molecule has 0 aromatic heterocycles. The molecule has 0 fully saturated rings. The van der Waals surface area contributed by atoms with Crippen molar-refractivity contribution >= 4 is 28.0 Å². The van der Waals surface area contributed by atoms with Crippen LogP contribution in [-0.4, -0.2) is 10.9 Å². The van der Waals surface area contributed by atoms with Crippen LogP contribution >= 0.6 is 0 Å². The van der Waals surface area contributed by atoms with E-state index in [1.807, 2.05) is 36.4 Å². The third-order valence-corrected chi connectivity index (χ3v) is 3.53. The predicted molar refractivity (Wildman–Crippen MR) is 81.9 cm³/mol. The number of aliphatic imine (C=N–C) groups is 1. The highest BCUT2D eigenvalue weighted by Crippen LogP contribution is 2.37. The van der Waals surface area contributed by atoms with E-state index >= 15 is 0 Å². The second-order valence-electron chi connectivity index (χ2n) is 4.78. The number of phenolic OH excluding ortho intramolecular Hbond substituents is 1. The van der Waals surface area contributed by atoms with Crippen molar-refractivity contribution in [3.8, 4) is 5.75 Å². The summed E-state index contributed by atoms with van der Waals surface area (Å²) in [5, 5.41) is 15.6. The van der Waals surface area contributed by atoms with Gasteiger partial charge in [-0.3, -0.25) is 0 Å². The number of hydrogen-bond acceptors (Lipinski definition) is 3. The molecule has 3 aromatic rings. The lowest BCUT2D eigenvalue weighted by Gasteiger charge is -2.19. The van der Waals surface area contributed by atoms with Gasteiger partial charge in [0.2, 0.25) is 0 Å². The van der Waals surface area contributed by atoms with Gasteiger partial charge in [0.05, 0.1) is 11.3 Å². The highest BCUT2D eigenvalue weighted by Gasteiger charge is 2.16. The topological polar surface area (TPSA) is 44.6 Å². The Morgan fingerprint density at radius 1 is 0.850 bits per heavy atom. The second kappa shape index (κ2) is 4.10. The molecule has 20 heavy (non-hydrogen) atoms. The van der Waals surface area contributed by atoms with E-state index in [-0.39, 0.29) is 5.75 Å². The van der Waals surface area contributed by atoms with Gasteiger partial charge in [0, 0.05) is 11.1 Å². The van der Waals surface area contributed by atoms with Crippen LogP contribution in [0.25, 0.3) is 10.8 Å². The zero-order chi connectivity index (χ0) is 13.5. The highest BCUT2D eigenvalue weighted by molar-refractivity contribution is 6.19. The maximum Gasteiger partial charge on any atom is 0.142 e. The normalized spacial score (nSPS) is 12.9. The Balaban J connectivity index is 1.97. The average molecular weight is 260 g/mol. The van der Waals surface area contributed by atoms with Gasteiger partial charge in [0.25, 0.3) is 0 Å². The summed E-state index contributed by atoms with van der Waals surface area (Å²) in [6, 6.07) is 19.4. The highest BCUT2D eigenvalue weighted by atomic mass is 16.3. The Morgan fingerprint density at radius 2 is 1.65 bits per heavy atom. The van der Waals surface area contributed by atoms with Gasteiger partial charge in [-0.2, -0.15) is 0 Å². The molecule has 0 spiro atoms. The summed E-state index contributed by atoms with van der Waals surface area (Å²) in [5.74, 6) is 0.902. The van der Waals surface area contributed by atoms with Crippen LogP contribution in [-0.2, 0) is 0 Å². The first kappa shape index (κ1) is 11.1. The third kappa shape index (κ3) is 1.57. The first-order valence-corrected chi connectivity index (χ1v) is 6.49. The summed E-state index contributed by atoms with van der Waals surface area (Å²) in [5.41, 5.74) is 2.65. The van der Waals surface area contributed by atoms with E-state index < -0.39 is 0 Å². The molecule has 3 aromatic carbocycles. The molecule has 1 aliphatic heterocycles. The molecule has 0 radical (unpaired) electrons. The Labute approximate surface area is 116 Å². The van der Waals surface area contributed by atoms with Gasteiger partial charge in [-0.25, -0.2) is 4.99 Å². The number of hydrogen-bond donors (Lipinski definition) is 2. The zero-order valence-corrected chi connectivity index (χ0v) is 10.7. The lowest BCUT2D eigenvalue weighted by Crippen LogP contribution is -2.16. The molecule has 3 nitrogen and oxygen atoms in total. The number of nitrogens with zero attached hydrogens (tertiary/aromatic N) is 1. The largest absolute Gasteiger partial charge is 0.507 e. The molecule has 0 unspecified atom stereocenters. The van der Waals surface area contributed by atoms with E-state index in [9.17, 15) is 5.11 Å². The third-order valence-electron chi connectivity index (χ3n) is 3.53. The lowest BCUT2D eigenvalue weighted by molar-refractivity contribution is 0.474. The number of phenols is 1. The Hall–Kier alpha value is -2.81. The minimum absolute atomic E-state index is 0.227. The van der Waals surface area contributed by atoms with Crippen molar-refractivity contribution in [2.45, 2.75) is 0 Å². The Kier molecular flexibility index (Phi) is 2.27. The van der Waals surface area contributed by atoms with Gasteiger partial charge in [0.1, 0.15) is 11.6 Å². The quantitative estimate of drug-likeness (QED) is 0.693. The standard InChI is InChI=1S/C17H12N2O/c20-15-10-2-1-7-12(15)17-18-13-8-3-5-11-6-4-9-14(19-17)16(11)13/h1-10,20H,(H,18,19). The van der Waals surface area contributed by atoms with Crippen molar-refractivity contribution in [3.05, 3.63) is 66.2 Å². The van der Waals surface area contributed by atoms with Crippen LogP contribution in [0, 0.1) is 0 Å². The minimum atomic E-state index is 0.227. The number of rotatable bonds is 1. The Morgan fingerprint density at radius 3 is 2.50 bits per heavy atom. The molecule has 0 atom stereocenters. The number of para-hydroxylation sites is 1. The molecule has 1 heterocycles. The molecule has 1 aliphatic rings. The molecule has 2 N–H and O–H groups in total. The monoisotopic (exact) mass is 260 g/mol. The van der Waals surface area contributed by atoms with Crippen LogP contribution in [0.3, 0.4) is 0 Å². The number of anilines is 1. The molecular weight excluding hydrogens is 248 g/mol. The Bertz CT molecular complexity index is 847. The van der Waals surface area contributed by atoms with E-state index in [1.165, 1.54) is 0 Å². The van der Waals surface area contributed by atoms with Crippen LogP contribution in [0.15, 0.2) is 65.7 Å². The fraction of sp³-hybridized carbons (Fsp3) is 0. The molecular formula is C17H12N2O. The molecule has 3 heteroatoms. The van der Waals surface area contributed by atoms with Crippen molar-refractivity contribution < 1.29 is 5.11 Å². The van der Waals surface area contributed by atoms with Gasteiger partial charge in [-0.15, -0.1) is 0 Å². The fourth-order valence-corrected chi connectivity index (χ4v) is 2.60. The average Bonchev–Trinajstić information content (AvgIpc) is 2.48. The summed E-state index contributed by atoms with van der Waals surface area (Å²) in [6.07, 6.45) is 0. The van der Waals surface area contributed by atoms with Crippen LogP contribution in [0.5, 0.6) is 5.75 Å². The summed E-state index contributed by atoms with van der Waals surface area (Å²) in [7, 11) is 0. The number of nitrogens with one attached hydrogen (secondary N) is 1. The van der Waals surface area contributed by atoms with E-state index in [4.69, 9.17) is 0 Å². The predicted octanol–water partition coefficient (Wildman–Crippen LogP) is 4.05. The van der Waals surface area contributed by atoms with Crippen LogP contribution in [0.2, 0.25) is 0 Å². The van der Waals surface area contributed by atoms with Crippen LogP contribution < -0.4 is 5.32 Å². The molecule has 0 bridgehead atoms. The van der Waals surface area contributed by atoms with E-state index in [2.05, 4.69) is 22.4 Å².